The van der Waals surface area contributed by atoms with E-state index < -0.39 is 0 Å². The third kappa shape index (κ3) is 3.23. The Kier molecular flexibility index (Phi) is 4.89. The van der Waals surface area contributed by atoms with Gasteiger partial charge in [0.25, 0.3) is 0 Å². The van der Waals surface area contributed by atoms with Crippen LogP contribution in [0.15, 0.2) is 66.0 Å². The van der Waals surface area contributed by atoms with Crippen molar-refractivity contribution in [2.24, 2.45) is 5.92 Å². The molecule has 0 spiro atoms. The number of pyridine rings is 3. The van der Waals surface area contributed by atoms with Gasteiger partial charge in [-0.3, -0.25) is 9.38 Å². The first-order chi connectivity index (χ1) is 16.8. The molecule has 1 aliphatic carbocycles. The summed E-state index contributed by atoms with van der Waals surface area (Å²) in [7, 11) is 0. The molecular weight excluding hydrogens is 428 g/mol. The average molecular weight is 459 g/mol. The molecule has 0 fully saturated rings. The predicted octanol–water partition coefficient (Wildman–Crippen LogP) is 7.78. The number of imidazole rings is 1. The molecule has 0 saturated heterocycles. The standard InChI is InChI=1S/C31H30N4/c1-17-13-19(3)25(20(4)14-17)28-29(26-21(5)15-18(2)16-22(26)6)35-30-23(9-8-12-33-30)27-24(31(35)34-28)10-7-11-32-27/h7-13,15-16,20H,14H2,1-6H3. The van der Waals surface area contributed by atoms with Crippen molar-refractivity contribution < 1.29 is 0 Å². The van der Waals surface area contributed by atoms with Crippen LogP contribution in [0.4, 0.5) is 0 Å². The Balaban J connectivity index is 1.89. The lowest BCUT2D eigenvalue weighted by atomic mass is 9.82. The quantitative estimate of drug-likeness (QED) is 0.254. The van der Waals surface area contributed by atoms with Crippen molar-refractivity contribution in [3.05, 3.63) is 88.4 Å². The highest BCUT2D eigenvalue weighted by Crippen LogP contribution is 2.44. The van der Waals surface area contributed by atoms with Crippen molar-refractivity contribution >= 4 is 33.2 Å². The minimum atomic E-state index is 0.387. The molecule has 6 rings (SSSR count). The van der Waals surface area contributed by atoms with Crippen molar-refractivity contribution in [1.29, 1.82) is 0 Å². The van der Waals surface area contributed by atoms with Gasteiger partial charge in [-0.1, -0.05) is 36.3 Å². The van der Waals surface area contributed by atoms with Crippen LogP contribution in [0.5, 0.6) is 0 Å². The zero-order chi connectivity index (χ0) is 24.4. The summed E-state index contributed by atoms with van der Waals surface area (Å²) in [5.41, 5.74) is 14.1. The highest BCUT2D eigenvalue weighted by atomic mass is 15.1. The SMILES string of the molecule is CC1=CC(C)=C(c2nc3c4cccnc4c4cccnc4n3c2-c2c(C)cc(C)cc2C)C(C)C1. The normalized spacial score (nSPS) is 16.5. The molecule has 4 aromatic heterocycles. The first kappa shape index (κ1) is 21.7. The first-order valence-corrected chi connectivity index (χ1v) is 12.4. The fourth-order valence-corrected chi connectivity index (χ4v) is 6.24. The van der Waals surface area contributed by atoms with Gasteiger partial charge in [0.1, 0.15) is 11.3 Å². The van der Waals surface area contributed by atoms with Crippen LogP contribution in [0.1, 0.15) is 49.6 Å². The van der Waals surface area contributed by atoms with Gasteiger partial charge in [-0.05, 0) is 93.5 Å². The summed E-state index contributed by atoms with van der Waals surface area (Å²) in [5, 5.41) is 2.10. The maximum Gasteiger partial charge on any atom is 0.149 e. The van der Waals surface area contributed by atoms with E-state index >= 15 is 0 Å². The van der Waals surface area contributed by atoms with Gasteiger partial charge in [0.2, 0.25) is 0 Å². The topological polar surface area (TPSA) is 43.1 Å². The van der Waals surface area contributed by atoms with Crippen molar-refractivity contribution in [2.45, 2.75) is 48.0 Å². The second-order valence-electron chi connectivity index (χ2n) is 10.2. The van der Waals surface area contributed by atoms with E-state index in [0.29, 0.717) is 5.92 Å². The summed E-state index contributed by atoms with van der Waals surface area (Å²) in [6.45, 7) is 13.4. The van der Waals surface area contributed by atoms with Crippen molar-refractivity contribution in [1.82, 2.24) is 19.4 Å². The molecule has 174 valence electrons. The number of fused-ring (bicyclic) bond motifs is 6. The molecule has 0 N–H and O–H groups in total. The zero-order valence-corrected chi connectivity index (χ0v) is 21.3. The molecule has 4 heteroatoms. The Labute approximate surface area is 206 Å². The van der Waals surface area contributed by atoms with Crippen LogP contribution in [0.25, 0.3) is 44.4 Å². The number of aromatic nitrogens is 4. The molecule has 4 nitrogen and oxygen atoms in total. The average Bonchev–Trinajstić information content (AvgIpc) is 3.18. The lowest BCUT2D eigenvalue weighted by Crippen LogP contribution is -2.09. The molecule has 0 amide bonds. The van der Waals surface area contributed by atoms with Gasteiger partial charge in [0.05, 0.1) is 16.9 Å². The number of benzene rings is 1. The maximum atomic E-state index is 5.42. The van der Waals surface area contributed by atoms with E-state index in [9.17, 15) is 0 Å². The van der Waals surface area contributed by atoms with Crippen LogP contribution in [0.3, 0.4) is 0 Å². The lowest BCUT2D eigenvalue weighted by molar-refractivity contribution is 0.719. The van der Waals surface area contributed by atoms with Crippen molar-refractivity contribution in [3.63, 3.8) is 0 Å². The van der Waals surface area contributed by atoms with Gasteiger partial charge in [-0.2, -0.15) is 0 Å². The van der Waals surface area contributed by atoms with Gasteiger partial charge >= 0.3 is 0 Å². The summed E-state index contributed by atoms with van der Waals surface area (Å²) in [4.78, 5) is 15.1. The van der Waals surface area contributed by atoms with Gasteiger partial charge < -0.3 is 0 Å². The van der Waals surface area contributed by atoms with E-state index in [1.165, 1.54) is 39.0 Å². The number of hydrogen-bond acceptors (Lipinski definition) is 3. The van der Waals surface area contributed by atoms with E-state index in [2.05, 4.69) is 76.3 Å². The Morgan fingerprint density at radius 1 is 0.857 bits per heavy atom. The van der Waals surface area contributed by atoms with Gasteiger partial charge in [0.15, 0.2) is 0 Å². The third-order valence-electron chi connectivity index (χ3n) is 7.36. The smallest absolute Gasteiger partial charge is 0.149 e. The minimum Gasteiger partial charge on any atom is -0.275 e. The third-order valence-corrected chi connectivity index (χ3v) is 7.36. The number of nitrogens with zero attached hydrogens (tertiary/aromatic N) is 4. The maximum absolute atomic E-state index is 5.42. The van der Waals surface area contributed by atoms with Crippen LogP contribution >= 0.6 is 0 Å². The molecule has 1 aliphatic rings. The molecule has 0 bridgehead atoms. The molecule has 0 saturated carbocycles. The molecule has 4 heterocycles. The Morgan fingerprint density at radius 3 is 2.20 bits per heavy atom. The fourth-order valence-electron chi connectivity index (χ4n) is 6.24. The predicted molar refractivity (Wildman–Crippen MR) is 146 cm³/mol. The largest absolute Gasteiger partial charge is 0.275 e. The number of allylic oxidation sites excluding steroid dienone is 4. The fraction of sp³-hybridized carbons (Fsp3) is 0.258. The van der Waals surface area contributed by atoms with E-state index in [-0.39, 0.29) is 0 Å². The Bertz CT molecular complexity index is 1710. The van der Waals surface area contributed by atoms with Gasteiger partial charge in [-0.15, -0.1) is 0 Å². The van der Waals surface area contributed by atoms with Crippen LogP contribution < -0.4 is 0 Å². The molecular formula is C31H30N4. The molecule has 35 heavy (non-hydrogen) atoms. The number of aryl methyl sites for hydroxylation is 3. The van der Waals surface area contributed by atoms with Crippen LogP contribution in [0.2, 0.25) is 0 Å². The molecule has 1 atom stereocenters. The summed E-state index contributed by atoms with van der Waals surface area (Å²) < 4.78 is 2.29. The molecule has 0 radical (unpaired) electrons. The summed E-state index contributed by atoms with van der Waals surface area (Å²) >= 11 is 0. The summed E-state index contributed by atoms with van der Waals surface area (Å²) in [6, 6.07) is 12.8. The van der Waals surface area contributed by atoms with Gasteiger partial charge in [0, 0.05) is 28.7 Å². The van der Waals surface area contributed by atoms with E-state index in [1.54, 1.807) is 0 Å². The monoisotopic (exact) mass is 458 g/mol. The van der Waals surface area contributed by atoms with Crippen molar-refractivity contribution in [3.8, 4) is 11.3 Å². The zero-order valence-electron chi connectivity index (χ0n) is 21.3. The van der Waals surface area contributed by atoms with Crippen molar-refractivity contribution in [2.75, 3.05) is 0 Å². The molecule has 1 unspecified atom stereocenters. The second kappa shape index (κ2) is 7.88. The van der Waals surface area contributed by atoms with Gasteiger partial charge in [-0.25, -0.2) is 9.97 Å². The summed E-state index contributed by atoms with van der Waals surface area (Å²) in [5.74, 6) is 0.387. The molecule has 5 aromatic rings. The lowest BCUT2D eigenvalue weighted by Gasteiger charge is -2.24. The van der Waals surface area contributed by atoms with Crippen LogP contribution in [-0.2, 0) is 0 Å². The van der Waals surface area contributed by atoms with Crippen LogP contribution in [0, 0.1) is 26.7 Å². The highest BCUT2D eigenvalue weighted by Gasteiger charge is 2.28. The first-order valence-electron chi connectivity index (χ1n) is 12.4. The Hall–Kier alpha value is -3.79. The van der Waals surface area contributed by atoms with E-state index in [4.69, 9.17) is 15.0 Å². The number of hydrogen-bond donors (Lipinski definition) is 0. The Morgan fingerprint density at radius 2 is 1.51 bits per heavy atom. The second-order valence-corrected chi connectivity index (χ2v) is 10.2. The highest BCUT2D eigenvalue weighted by molar-refractivity contribution is 6.10. The van der Waals surface area contributed by atoms with Crippen LogP contribution in [-0.4, -0.2) is 19.4 Å². The molecule has 1 aromatic carbocycles. The van der Waals surface area contributed by atoms with E-state index in [0.717, 1.165) is 45.4 Å². The molecule has 0 aliphatic heterocycles. The van der Waals surface area contributed by atoms with E-state index in [1.807, 2.05) is 24.5 Å². The summed E-state index contributed by atoms with van der Waals surface area (Å²) in [6.07, 6.45) is 7.10. The number of rotatable bonds is 2. The minimum absolute atomic E-state index is 0.387.